The number of nitrogens with zero attached hydrogens (tertiary/aromatic N) is 4. The third-order valence-electron chi connectivity index (χ3n) is 6.88. The van der Waals surface area contributed by atoms with Gasteiger partial charge < -0.3 is 14.5 Å². The third kappa shape index (κ3) is 5.27. The predicted molar refractivity (Wildman–Crippen MR) is 110 cm³/mol. The highest BCUT2D eigenvalue weighted by molar-refractivity contribution is 5.94. The molecule has 3 heterocycles. The number of amides is 2. The standard InChI is InChI=1S/C21H28F6N4O3/c1-14(15-6-3-4-11-31(15)28-2)16(32)30-10-5-7-19(30)8-12-29(13-9-19)18(33)34-17(20(22,23)24)21(25,26)27/h17H,2-13H2,1H3/b15-14+. The van der Waals surface area contributed by atoms with Crippen molar-refractivity contribution in [3.05, 3.63) is 11.3 Å². The Hall–Kier alpha value is -2.47. The fourth-order valence-electron chi connectivity index (χ4n) is 5.06. The predicted octanol–water partition coefficient (Wildman–Crippen LogP) is 4.45. The van der Waals surface area contributed by atoms with Gasteiger partial charge in [-0.05, 0) is 51.9 Å². The second-order valence-electron chi connectivity index (χ2n) is 8.91. The molecule has 3 aliphatic rings. The van der Waals surface area contributed by atoms with E-state index in [0.29, 0.717) is 37.9 Å². The zero-order valence-electron chi connectivity index (χ0n) is 18.8. The summed E-state index contributed by atoms with van der Waals surface area (Å²) in [6.45, 7) is 6.22. The van der Waals surface area contributed by atoms with Gasteiger partial charge in [0.05, 0.1) is 0 Å². The Morgan fingerprint density at radius 2 is 1.59 bits per heavy atom. The summed E-state index contributed by atoms with van der Waals surface area (Å²) in [6.07, 6.45) is -13.0. The van der Waals surface area contributed by atoms with E-state index in [1.807, 2.05) is 0 Å². The van der Waals surface area contributed by atoms with E-state index in [4.69, 9.17) is 0 Å². The van der Waals surface area contributed by atoms with Crippen LogP contribution in [0.3, 0.4) is 0 Å². The Bertz CT molecular complexity index is 819. The number of allylic oxidation sites excluding steroid dienone is 1. The summed E-state index contributed by atoms with van der Waals surface area (Å²) in [6, 6.07) is 0. The molecule has 0 aliphatic carbocycles. The molecule has 0 saturated carbocycles. The number of rotatable bonds is 3. The van der Waals surface area contributed by atoms with Crippen LogP contribution in [0.15, 0.2) is 16.4 Å². The molecule has 34 heavy (non-hydrogen) atoms. The van der Waals surface area contributed by atoms with Crippen LogP contribution in [0.25, 0.3) is 0 Å². The topological polar surface area (TPSA) is 65.5 Å². The van der Waals surface area contributed by atoms with Gasteiger partial charge in [0.2, 0.25) is 0 Å². The largest absolute Gasteiger partial charge is 0.434 e. The molecular weight excluding hydrogens is 470 g/mol. The number of hydrazone groups is 1. The first kappa shape index (κ1) is 26.1. The van der Waals surface area contributed by atoms with Crippen LogP contribution in [0.4, 0.5) is 31.1 Å². The summed E-state index contributed by atoms with van der Waals surface area (Å²) >= 11 is 0. The Kier molecular flexibility index (Phi) is 7.42. The summed E-state index contributed by atoms with van der Waals surface area (Å²) in [5, 5.41) is 5.70. The van der Waals surface area contributed by atoms with E-state index in [2.05, 4.69) is 16.6 Å². The Balaban J connectivity index is 1.69. The second-order valence-corrected chi connectivity index (χ2v) is 8.91. The molecule has 13 heteroatoms. The van der Waals surface area contributed by atoms with Gasteiger partial charge in [-0.3, -0.25) is 9.80 Å². The first-order valence-electron chi connectivity index (χ1n) is 11.1. The van der Waals surface area contributed by atoms with Crippen molar-refractivity contribution in [1.82, 2.24) is 14.8 Å². The van der Waals surface area contributed by atoms with E-state index in [1.54, 1.807) is 16.8 Å². The number of alkyl halides is 6. The first-order chi connectivity index (χ1) is 15.8. The molecule has 0 aromatic rings. The average molecular weight is 498 g/mol. The fourth-order valence-corrected chi connectivity index (χ4v) is 5.06. The normalized spacial score (nSPS) is 22.9. The van der Waals surface area contributed by atoms with E-state index < -0.39 is 30.1 Å². The summed E-state index contributed by atoms with van der Waals surface area (Å²) in [7, 11) is 0. The SMILES string of the molecule is C=NN1CCCC/C1=C(/C)C(=O)N1CCCC12CCN(C(=O)OC(C(F)(F)F)C(F)(F)F)CC2. The van der Waals surface area contributed by atoms with E-state index >= 15 is 0 Å². The van der Waals surface area contributed by atoms with Crippen LogP contribution in [0.2, 0.25) is 0 Å². The average Bonchev–Trinajstić information content (AvgIpc) is 3.17. The number of halogens is 6. The first-order valence-corrected chi connectivity index (χ1v) is 11.1. The Morgan fingerprint density at radius 3 is 2.15 bits per heavy atom. The fraction of sp³-hybridized carbons (Fsp3) is 0.762. The number of ether oxygens (including phenoxy) is 1. The molecule has 0 unspecified atom stereocenters. The highest BCUT2D eigenvalue weighted by Crippen LogP contribution is 2.41. The van der Waals surface area contributed by atoms with Gasteiger partial charge in [0.15, 0.2) is 0 Å². The highest BCUT2D eigenvalue weighted by atomic mass is 19.4. The number of carbonyl (C=O) groups is 2. The van der Waals surface area contributed by atoms with Crippen LogP contribution >= 0.6 is 0 Å². The van der Waals surface area contributed by atoms with Crippen LogP contribution in [0.1, 0.15) is 51.9 Å². The van der Waals surface area contributed by atoms with Crippen molar-refractivity contribution in [3.8, 4) is 0 Å². The number of piperidine rings is 2. The molecule has 0 aromatic carbocycles. The van der Waals surface area contributed by atoms with Crippen molar-refractivity contribution in [2.75, 3.05) is 26.2 Å². The molecule has 192 valence electrons. The molecule has 0 atom stereocenters. The molecule has 3 fully saturated rings. The molecule has 3 rings (SSSR count). The van der Waals surface area contributed by atoms with Gasteiger partial charge in [0, 0.05) is 49.7 Å². The van der Waals surface area contributed by atoms with Crippen LogP contribution in [-0.2, 0) is 9.53 Å². The molecule has 1 spiro atoms. The molecule has 0 N–H and O–H groups in total. The van der Waals surface area contributed by atoms with Crippen LogP contribution in [0, 0.1) is 0 Å². The van der Waals surface area contributed by atoms with E-state index in [0.717, 1.165) is 23.4 Å². The lowest BCUT2D eigenvalue weighted by Crippen LogP contribution is -2.56. The van der Waals surface area contributed by atoms with Crippen molar-refractivity contribution in [3.63, 3.8) is 0 Å². The van der Waals surface area contributed by atoms with E-state index in [-0.39, 0.29) is 31.8 Å². The minimum atomic E-state index is -5.77. The summed E-state index contributed by atoms with van der Waals surface area (Å²) in [4.78, 5) is 28.1. The Labute approximate surface area is 193 Å². The molecule has 3 saturated heterocycles. The van der Waals surface area contributed by atoms with Gasteiger partial charge in [-0.2, -0.15) is 31.4 Å². The van der Waals surface area contributed by atoms with Crippen molar-refractivity contribution in [2.45, 2.75) is 75.9 Å². The second kappa shape index (κ2) is 9.65. The lowest BCUT2D eigenvalue weighted by Gasteiger charge is -2.45. The van der Waals surface area contributed by atoms with Crippen molar-refractivity contribution < 1.29 is 40.7 Å². The van der Waals surface area contributed by atoms with Crippen LogP contribution in [0.5, 0.6) is 0 Å². The maximum atomic E-state index is 13.4. The third-order valence-corrected chi connectivity index (χ3v) is 6.88. The lowest BCUT2D eigenvalue weighted by atomic mass is 9.84. The minimum absolute atomic E-state index is 0.110. The van der Waals surface area contributed by atoms with Gasteiger partial charge in [0.1, 0.15) is 0 Å². The van der Waals surface area contributed by atoms with Gasteiger partial charge >= 0.3 is 18.4 Å². The van der Waals surface area contributed by atoms with Crippen LogP contribution in [-0.4, -0.2) is 83.7 Å². The molecule has 0 aromatic heterocycles. The van der Waals surface area contributed by atoms with E-state index in [9.17, 15) is 35.9 Å². The van der Waals surface area contributed by atoms with Crippen LogP contribution < -0.4 is 0 Å². The molecular formula is C21H28F6N4O3. The number of hydrogen-bond donors (Lipinski definition) is 0. The molecule has 0 bridgehead atoms. The maximum Gasteiger partial charge on any atom is 0.434 e. The smallest absolute Gasteiger partial charge is 0.426 e. The minimum Gasteiger partial charge on any atom is -0.426 e. The number of carbonyl (C=O) groups excluding carboxylic acids is 2. The molecule has 7 nitrogen and oxygen atoms in total. The summed E-state index contributed by atoms with van der Waals surface area (Å²) < 4.78 is 80.2. The monoisotopic (exact) mass is 498 g/mol. The zero-order valence-corrected chi connectivity index (χ0v) is 18.8. The molecule has 2 amide bonds. The van der Waals surface area contributed by atoms with Gasteiger partial charge in [0.25, 0.3) is 12.0 Å². The Morgan fingerprint density at radius 1 is 0.971 bits per heavy atom. The maximum absolute atomic E-state index is 13.4. The number of likely N-dealkylation sites (tertiary alicyclic amines) is 2. The molecule has 3 aliphatic heterocycles. The quantitative estimate of drug-likeness (QED) is 0.328. The van der Waals surface area contributed by atoms with Gasteiger partial charge in [-0.1, -0.05) is 0 Å². The number of hydrogen-bond acceptors (Lipinski definition) is 5. The van der Waals surface area contributed by atoms with Crippen molar-refractivity contribution in [2.24, 2.45) is 5.10 Å². The van der Waals surface area contributed by atoms with Gasteiger partial charge in [-0.15, -0.1) is 0 Å². The molecule has 0 radical (unpaired) electrons. The highest BCUT2D eigenvalue weighted by Gasteiger charge is 2.60. The zero-order chi connectivity index (χ0) is 25.3. The van der Waals surface area contributed by atoms with Gasteiger partial charge in [-0.25, -0.2) is 4.79 Å². The lowest BCUT2D eigenvalue weighted by molar-refractivity contribution is -0.308. The summed E-state index contributed by atoms with van der Waals surface area (Å²) in [5.74, 6) is -0.173. The van der Waals surface area contributed by atoms with E-state index in [1.165, 1.54) is 0 Å². The van der Waals surface area contributed by atoms with Crippen molar-refractivity contribution in [1.29, 1.82) is 0 Å². The summed E-state index contributed by atoms with van der Waals surface area (Å²) in [5.41, 5.74) is 0.748. The van der Waals surface area contributed by atoms with Crippen molar-refractivity contribution >= 4 is 18.7 Å².